The van der Waals surface area contributed by atoms with Crippen LogP contribution in [-0.2, 0) is 38.8 Å². The Bertz CT molecular complexity index is 1750. The van der Waals surface area contributed by atoms with Crippen LogP contribution in [0.5, 0.6) is 0 Å². The molecule has 7 nitrogen and oxygen atoms in total. The van der Waals surface area contributed by atoms with Crippen molar-refractivity contribution in [1.29, 1.82) is 0 Å². The SMILES string of the molecule is CC[C@H](C)NC(=O)[C@@H](Cc1ccccc1)N(Cc1ccc(C)cc1)C(=O)CN(c1cccc(C(F)(F)F)c1)S(=O)(=O)c1ccccc1. The quantitative estimate of drug-likeness (QED) is 0.171. The van der Waals surface area contributed by atoms with Crippen molar-refractivity contribution in [3.8, 4) is 0 Å². The molecule has 2 amide bonds. The molecule has 248 valence electrons. The third-order valence-corrected chi connectivity index (χ3v) is 9.61. The number of rotatable bonds is 13. The van der Waals surface area contributed by atoms with Crippen LogP contribution >= 0.6 is 0 Å². The Balaban J connectivity index is 1.84. The molecule has 0 radical (unpaired) electrons. The van der Waals surface area contributed by atoms with Crippen LogP contribution in [0.15, 0.2) is 114 Å². The molecule has 0 spiro atoms. The number of hydrogen-bond acceptors (Lipinski definition) is 4. The topological polar surface area (TPSA) is 86.8 Å². The summed E-state index contributed by atoms with van der Waals surface area (Å²) in [6.45, 7) is 4.75. The highest BCUT2D eigenvalue weighted by Gasteiger charge is 2.36. The predicted octanol–water partition coefficient (Wildman–Crippen LogP) is 6.76. The van der Waals surface area contributed by atoms with Crippen molar-refractivity contribution in [1.82, 2.24) is 10.2 Å². The minimum atomic E-state index is -4.76. The van der Waals surface area contributed by atoms with Crippen LogP contribution in [-0.4, -0.2) is 43.8 Å². The minimum Gasteiger partial charge on any atom is -0.352 e. The minimum absolute atomic E-state index is 0.0493. The Morgan fingerprint density at radius 1 is 0.830 bits per heavy atom. The summed E-state index contributed by atoms with van der Waals surface area (Å²) < 4.78 is 70.0. The van der Waals surface area contributed by atoms with Gasteiger partial charge in [-0.15, -0.1) is 0 Å². The molecule has 4 aromatic rings. The van der Waals surface area contributed by atoms with Crippen LogP contribution in [0, 0.1) is 6.92 Å². The molecule has 0 unspecified atom stereocenters. The van der Waals surface area contributed by atoms with E-state index in [0.717, 1.165) is 23.3 Å². The number of sulfonamides is 1. The first-order valence-corrected chi connectivity index (χ1v) is 16.7. The molecule has 4 rings (SSSR count). The van der Waals surface area contributed by atoms with Crippen LogP contribution in [0.2, 0.25) is 0 Å². The molecule has 47 heavy (non-hydrogen) atoms. The van der Waals surface area contributed by atoms with Gasteiger partial charge in [0.25, 0.3) is 10.0 Å². The monoisotopic (exact) mass is 665 g/mol. The Morgan fingerprint density at radius 3 is 2.04 bits per heavy atom. The van der Waals surface area contributed by atoms with Crippen molar-refractivity contribution in [2.75, 3.05) is 10.8 Å². The number of amides is 2. The summed E-state index contributed by atoms with van der Waals surface area (Å²) in [5.41, 5.74) is 1.03. The largest absolute Gasteiger partial charge is 0.416 e. The van der Waals surface area contributed by atoms with Gasteiger partial charge in [-0.2, -0.15) is 13.2 Å². The van der Waals surface area contributed by atoms with Crippen LogP contribution in [0.1, 0.15) is 42.5 Å². The highest BCUT2D eigenvalue weighted by atomic mass is 32.2. The average Bonchev–Trinajstić information content (AvgIpc) is 3.06. The molecule has 0 bridgehead atoms. The second-order valence-electron chi connectivity index (χ2n) is 11.4. The normalized spacial score (nSPS) is 13.0. The van der Waals surface area contributed by atoms with E-state index in [1.54, 1.807) is 6.07 Å². The lowest BCUT2D eigenvalue weighted by Gasteiger charge is -2.34. The van der Waals surface area contributed by atoms with Crippen molar-refractivity contribution in [2.45, 2.75) is 63.3 Å². The van der Waals surface area contributed by atoms with Gasteiger partial charge < -0.3 is 10.2 Å². The number of halogens is 3. The number of benzene rings is 4. The summed E-state index contributed by atoms with van der Waals surface area (Å²) in [6.07, 6.45) is -4.00. The van der Waals surface area contributed by atoms with Crippen LogP contribution < -0.4 is 9.62 Å². The molecular formula is C36H38F3N3O4S. The summed E-state index contributed by atoms with van der Waals surface area (Å²) in [5, 5.41) is 2.96. The molecule has 0 aliphatic rings. The summed E-state index contributed by atoms with van der Waals surface area (Å²) in [4.78, 5) is 29.5. The van der Waals surface area contributed by atoms with Crippen LogP contribution in [0.4, 0.5) is 18.9 Å². The maximum Gasteiger partial charge on any atom is 0.416 e. The zero-order chi connectivity index (χ0) is 34.2. The number of nitrogens with zero attached hydrogens (tertiary/aromatic N) is 2. The van der Waals surface area contributed by atoms with Gasteiger partial charge in [0, 0.05) is 19.0 Å². The van der Waals surface area contributed by atoms with E-state index >= 15 is 0 Å². The van der Waals surface area contributed by atoms with Gasteiger partial charge in [-0.25, -0.2) is 8.42 Å². The van der Waals surface area contributed by atoms with E-state index < -0.39 is 46.2 Å². The van der Waals surface area contributed by atoms with Crippen molar-refractivity contribution in [3.05, 3.63) is 131 Å². The van der Waals surface area contributed by atoms with Crippen molar-refractivity contribution in [2.24, 2.45) is 0 Å². The molecule has 0 heterocycles. The molecule has 0 saturated carbocycles. The Morgan fingerprint density at radius 2 is 1.45 bits per heavy atom. The summed E-state index contributed by atoms with van der Waals surface area (Å²) in [7, 11) is -4.53. The number of nitrogens with one attached hydrogen (secondary N) is 1. The maximum absolute atomic E-state index is 14.5. The van der Waals surface area contributed by atoms with Crippen molar-refractivity contribution < 1.29 is 31.2 Å². The fourth-order valence-corrected chi connectivity index (χ4v) is 6.40. The van der Waals surface area contributed by atoms with Gasteiger partial charge >= 0.3 is 6.18 Å². The average molecular weight is 666 g/mol. The number of hydrogen-bond donors (Lipinski definition) is 1. The fraction of sp³-hybridized carbons (Fsp3) is 0.278. The zero-order valence-electron chi connectivity index (χ0n) is 26.4. The molecule has 0 saturated heterocycles. The molecule has 0 aromatic heterocycles. The van der Waals surface area contributed by atoms with E-state index in [1.165, 1.54) is 35.2 Å². The van der Waals surface area contributed by atoms with E-state index in [4.69, 9.17) is 0 Å². The van der Waals surface area contributed by atoms with Gasteiger partial charge in [0.15, 0.2) is 0 Å². The third kappa shape index (κ3) is 9.22. The van der Waals surface area contributed by atoms with Gasteiger partial charge in [0.1, 0.15) is 12.6 Å². The standard InChI is InChI=1S/C36H38F3N3O4S/c1-4-27(3)40-35(44)33(22-28-12-7-5-8-13-28)41(24-29-20-18-26(2)19-21-29)34(43)25-42(47(45,46)32-16-9-6-10-17-32)31-15-11-14-30(23-31)36(37,38)39/h5-21,23,27,33H,4,22,24-25H2,1-3H3,(H,40,44)/t27-,33+/m0/s1. The van der Waals surface area contributed by atoms with Crippen LogP contribution in [0.3, 0.4) is 0 Å². The number of carbonyl (C=O) groups is 2. The van der Waals surface area contributed by atoms with Crippen molar-refractivity contribution >= 4 is 27.5 Å². The fourth-order valence-electron chi connectivity index (χ4n) is 4.97. The maximum atomic E-state index is 14.5. The number of alkyl halides is 3. The number of aryl methyl sites for hydroxylation is 1. The molecule has 0 fully saturated rings. The first-order chi connectivity index (χ1) is 22.3. The molecule has 4 aromatic carbocycles. The third-order valence-electron chi connectivity index (χ3n) is 7.82. The second kappa shape index (κ2) is 15.3. The molecule has 1 N–H and O–H groups in total. The Kier molecular flexibility index (Phi) is 11.5. The lowest BCUT2D eigenvalue weighted by atomic mass is 10.0. The van der Waals surface area contributed by atoms with Gasteiger partial charge in [0.2, 0.25) is 11.8 Å². The van der Waals surface area contributed by atoms with Gasteiger partial charge in [-0.05, 0) is 61.7 Å². The van der Waals surface area contributed by atoms with E-state index in [-0.39, 0.29) is 29.6 Å². The molecule has 0 aliphatic heterocycles. The second-order valence-corrected chi connectivity index (χ2v) is 13.3. The first-order valence-electron chi connectivity index (χ1n) is 15.2. The molecule has 2 atom stereocenters. The highest BCUT2D eigenvalue weighted by molar-refractivity contribution is 7.92. The molecule has 11 heteroatoms. The van der Waals surface area contributed by atoms with E-state index in [0.29, 0.717) is 22.4 Å². The van der Waals surface area contributed by atoms with E-state index in [1.807, 2.05) is 75.4 Å². The van der Waals surface area contributed by atoms with Gasteiger partial charge in [0.05, 0.1) is 16.1 Å². The summed E-state index contributed by atoms with van der Waals surface area (Å²) >= 11 is 0. The van der Waals surface area contributed by atoms with E-state index in [9.17, 15) is 31.2 Å². The van der Waals surface area contributed by atoms with E-state index in [2.05, 4.69) is 5.32 Å². The Labute approximate surface area is 274 Å². The van der Waals surface area contributed by atoms with Crippen LogP contribution in [0.25, 0.3) is 0 Å². The van der Waals surface area contributed by atoms with Gasteiger partial charge in [-0.3, -0.25) is 13.9 Å². The Hall–Kier alpha value is -4.64. The number of anilines is 1. The zero-order valence-corrected chi connectivity index (χ0v) is 27.3. The lowest BCUT2D eigenvalue weighted by Crippen LogP contribution is -2.54. The lowest BCUT2D eigenvalue weighted by molar-refractivity contribution is -0.140. The smallest absolute Gasteiger partial charge is 0.352 e. The number of carbonyl (C=O) groups excluding carboxylic acids is 2. The predicted molar refractivity (Wildman–Crippen MR) is 176 cm³/mol. The van der Waals surface area contributed by atoms with Gasteiger partial charge in [-0.1, -0.05) is 91.3 Å². The summed E-state index contributed by atoms with van der Waals surface area (Å²) in [6, 6.07) is 26.2. The van der Waals surface area contributed by atoms with Crippen molar-refractivity contribution in [3.63, 3.8) is 0 Å². The first kappa shape index (κ1) is 35.2. The molecule has 0 aliphatic carbocycles. The highest BCUT2D eigenvalue weighted by Crippen LogP contribution is 2.33. The summed E-state index contributed by atoms with van der Waals surface area (Å²) in [5.74, 6) is -1.19. The molecular weight excluding hydrogens is 627 g/mol.